The summed E-state index contributed by atoms with van der Waals surface area (Å²) in [5.74, 6) is 0. The summed E-state index contributed by atoms with van der Waals surface area (Å²) in [5, 5.41) is 8.16. The second kappa shape index (κ2) is 2.95. The fraction of sp³-hybridized carbons (Fsp3) is 0.500. The molecule has 0 atom stereocenters. The molecule has 0 spiro atoms. The lowest BCUT2D eigenvalue weighted by molar-refractivity contribution is 0.300. The topological polar surface area (TPSA) is 74.6 Å². The van der Waals surface area contributed by atoms with E-state index in [0.29, 0.717) is 0 Å². The van der Waals surface area contributed by atoms with Gasteiger partial charge in [-0.25, -0.2) is 0 Å². The molecule has 0 aromatic carbocycles. The third-order valence-electron chi connectivity index (χ3n) is 0.755. The molecule has 0 aromatic heterocycles. The Morgan fingerprint density at radius 2 is 2.00 bits per heavy atom. The van der Waals surface area contributed by atoms with Crippen molar-refractivity contribution in [1.82, 2.24) is 0 Å². The summed E-state index contributed by atoms with van der Waals surface area (Å²) >= 11 is 0. The van der Waals surface area contributed by atoms with Gasteiger partial charge in [-0.3, -0.25) is 4.55 Å². The van der Waals surface area contributed by atoms with Gasteiger partial charge in [0.05, 0.1) is 4.91 Å². The molecule has 0 rings (SSSR count). The Hall–Kier alpha value is -0.390. The van der Waals surface area contributed by atoms with Crippen LogP contribution in [0, 0.1) is 0 Å². The molecule has 0 aliphatic heterocycles. The Bertz CT molecular complexity index is 191. The van der Waals surface area contributed by atoms with Gasteiger partial charge in [-0.1, -0.05) is 6.58 Å². The van der Waals surface area contributed by atoms with Gasteiger partial charge >= 0.3 is 0 Å². The molecule has 4 nitrogen and oxygen atoms in total. The van der Waals surface area contributed by atoms with Gasteiger partial charge in [0.15, 0.2) is 0 Å². The van der Waals surface area contributed by atoms with Crippen molar-refractivity contribution in [1.29, 1.82) is 0 Å². The number of rotatable bonds is 3. The zero-order chi connectivity index (χ0) is 7.49. The zero-order valence-electron chi connectivity index (χ0n) is 4.74. The van der Waals surface area contributed by atoms with Gasteiger partial charge in [-0.15, -0.1) is 0 Å². The van der Waals surface area contributed by atoms with Gasteiger partial charge in [0.1, 0.15) is 0 Å². The molecular formula is C4H8O4S. The first kappa shape index (κ1) is 8.61. The minimum Gasteiger partial charge on any atom is -0.396 e. The van der Waals surface area contributed by atoms with Crippen LogP contribution in [0.1, 0.15) is 6.42 Å². The van der Waals surface area contributed by atoms with E-state index in [9.17, 15) is 8.42 Å². The van der Waals surface area contributed by atoms with Gasteiger partial charge in [-0.05, 0) is 0 Å². The average molecular weight is 152 g/mol. The smallest absolute Gasteiger partial charge is 0.290 e. The minimum absolute atomic E-state index is 0.112. The highest BCUT2D eigenvalue weighted by Crippen LogP contribution is 2.03. The van der Waals surface area contributed by atoms with Gasteiger partial charge in [0, 0.05) is 13.0 Å². The predicted molar refractivity (Wildman–Crippen MR) is 32.4 cm³/mol. The number of hydrogen-bond acceptors (Lipinski definition) is 3. The molecule has 0 fully saturated rings. The minimum atomic E-state index is -4.12. The van der Waals surface area contributed by atoms with E-state index in [0.717, 1.165) is 0 Å². The van der Waals surface area contributed by atoms with Crippen LogP contribution in [0.5, 0.6) is 0 Å². The molecule has 0 unspecified atom stereocenters. The first-order valence-corrected chi connectivity index (χ1v) is 3.68. The van der Waals surface area contributed by atoms with Gasteiger partial charge < -0.3 is 5.11 Å². The van der Waals surface area contributed by atoms with Gasteiger partial charge in [-0.2, -0.15) is 8.42 Å². The fourth-order valence-electron chi connectivity index (χ4n) is 0.254. The van der Waals surface area contributed by atoms with Crippen LogP contribution >= 0.6 is 0 Å². The lowest BCUT2D eigenvalue weighted by atomic mass is 10.5. The Morgan fingerprint density at radius 3 is 2.11 bits per heavy atom. The molecule has 0 saturated heterocycles. The summed E-state index contributed by atoms with van der Waals surface area (Å²) in [5.41, 5.74) is 0. The number of aliphatic hydroxyl groups excluding tert-OH is 1. The molecule has 54 valence electrons. The van der Waals surface area contributed by atoms with Crippen molar-refractivity contribution < 1.29 is 18.1 Å². The van der Waals surface area contributed by atoms with Crippen LogP contribution in [0.2, 0.25) is 0 Å². The number of hydrogen-bond donors (Lipinski definition) is 2. The molecule has 9 heavy (non-hydrogen) atoms. The van der Waals surface area contributed by atoms with Crippen molar-refractivity contribution in [2.45, 2.75) is 6.42 Å². The van der Waals surface area contributed by atoms with Crippen LogP contribution in [0.4, 0.5) is 0 Å². The summed E-state index contributed by atoms with van der Waals surface area (Å²) in [7, 11) is -4.12. The van der Waals surface area contributed by atoms with Crippen molar-refractivity contribution in [2.75, 3.05) is 6.61 Å². The molecule has 0 aliphatic rings. The molecule has 0 saturated carbocycles. The molecule has 5 heteroatoms. The summed E-state index contributed by atoms with van der Waals surface area (Å²) in [4.78, 5) is -0.356. The Kier molecular flexibility index (Phi) is 2.83. The molecule has 0 radical (unpaired) electrons. The highest BCUT2D eigenvalue weighted by atomic mass is 32.2. The van der Waals surface area contributed by atoms with E-state index in [4.69, 9.17) is 9.66 Å². The lowest BCUT2D eigenvalue weighted by Crippen LogP contribution is -2.01. The summed E-state index contributed by atoms with van der Waals surface area (Å²) in [6.07, 6.45) is -0.112. The summed E-state index contributed by atoms with van der Waals surface area (Å²) in [6.45, 7) is 2.70. The Balaban J connectivity index is 4.08. The van der Waals surface area contributed by atoms with Crippen LogP contribution in [-0.4, -0.2) is 24.7 Å². The Morgan fingerprint density at radius 1 is 1.56 bits per heavy atom. The standard InChI is InChI=1S/C4H8O4S/c1-4(2-3-5)9(6,7)8/h5H,1-3H2,(H,6,7,8). The van der Waals surface area contributed by atoms with E-state index in [1.54, 1.807) is 0 Å². The summed E-state index contributed by atoms with van der Waals surface area (Å²) in [6, 6.07) is 0. The maximum Gasteiger partial charge on any atom is 0.290 e. The van der Waals surface area contributed by atoms with E-state index in [1.165, 1.54) is 0 Å². The SMILES string of the molecule is C=C(CCO)S(=O)(=O)O. The highest BCUT2D eigenvalue weighted by Gasteiger charge is 2.08. The second-order valence-corrected chi connectivity index (χ2v) is 3.01. The van der Waals surface area contributed by atoms with Crippen LogP contribution < -0.4 is 0 Å². The maximum absolute atomic E-state index is 10.1. The van der Waals surface area contributed by atoms with Crippen molar-refractivity contribution in [2.24, 2.45) is 0 Å². The van der Waals surface area contributed by atoms with Crippen LogP contribution in [0.15, 0.2) is 11.5 Å². The second-order valence-electron chi connectivity index (χ2n) is 1.49. The molecule has 2 N–H and O–H groups in total. The van der Waals surface area contributed by atoms with E-state index in [1.807, 2.05) is 0 Å². The maximum atomic E-state index is 10.1. The van der Waals surface area contributed by atoms with E-state index in [-0.39, 0.29) is 17.9 Å². The van der Waals surface area contributed by atoms with E-state index >= 15 is 0 Å². The lowest BCUT2D eigenvalue weighted by Gasteiger charge is -1.95. The third kappa shape index (κ3) is 3.23. The molecule has 0 aromatic rings. The van der Waals surface area contributed by atoms with Crippen LogP contribution in [-0.2, 0) is 10.1 Å². The normalized spacial score (nSPS) is 11.3. The molecular weight excluding hydrogens is 144 g/mol. The molecule has 0 aliphatic carbocycles. The van der Waals surface area contributed by atoms with Crippen molar-refractivity contribution in [3.05, 3.63) is 11.5 Å². The zero-order valence-corrected chi connectivity index (χ0v) is 5.56. The van der Waals surface area contributed by atoms with E-state index in [2.05, 4.69) is 6.58 Å². The summed E-state index contributed by atoms with van der Waals surface area (Å²) < 4.78 is 28.3. The third-order valence-corrected chi connectivity index (χ3v) is 1.69. The quantitative estimate of drug-likeness (QED) is 0.548. The largest absolute Gasteiger partial charge is 0.396 e. The number of aliphatic hydroxyl groups is 1. The van der Waals surface area contributed by atoms with Crippen molar-refractivity contribution in [3.63, 3.8) is 0 Å². The van der Waals surface area contributed by atoms with Crippen LogP contribution in [0.3, 0.4) is 0 Å². The molecule has 0 heterocycles. The van der Waals surface area contributed by atoms with Crippen molar-refractivity contribution >= 4 is 10.1 Å². The van der Waals surface area contributed by atoms with Crippen molar-refractivity contribution in [3.8, 4) is 0 Å². The molecule has 0 amide bonds. The van der Waals surface area contributed by atoms with Crippen LogP contribution in [0.25, 0.3) is 0 Å². The predicted octanol–water partition coefficient (Wildman–Crippen LogP) is -0.230. The first-order valence-electron chi connectivity index (χ1n) is 2.24. The Labute approximate surface area is 53.6 Å². The van der Waals surface area contributed by atoms with Gasteiger partial charge in [0.2, 0.25) is 0 Å². The first-order chi connectivity index (χ1) is 3.98. The van der Waals surface area contributed by atoms with Gasteiger partial charge in [0.25, 0.3) is 10.1 Å². The highest BCUT2D eigenvalue weighted by molar-refractivity contribution is 7.89. The molecule has 0 bridgehead atoms. The fourth-order valence-corrected chi connectivity index (χ4v) is 0.603. The van der Waals surface area contributed by atoms with E-state index < -0.39 is 10.1 Å². The average Bonchev–Trinajstić information content (AvgIpc) is 1.64. The monoisotopic (exact) mass is 152 g/mol.